The van der Waals surface area contributed by atoms with E-state index in [0.29, 0.717) is 11.1 Å². The van der Waals surface area contributed by atoms with Crippen LogP contribution in [0.4, 0.5) is 13.2 Å². The van der Waals surface area contributed by atoms with E-state index in [2.05, 4.69) is 26.3 Å². The van der Waals surface area contributed by atoms with Crippen LogP contribution in [0.1, 0.15) is 56.9 Å². The van der Waals surface area contributed by atoms with Crippen LogP contribution in [-0.2, 0) is 7.05 Å². The van der Waals surface area contributed by atoms with Crippen LogP contribution >= 0.6 is 15.9 Å². The van der Waals surface area contributed by atoms with E-state index < -0.39 is 41.4 Å². The van der Waals surface area contributed by atoms with Crippen molar-refractivity contribution in [2.75, 3.05) is 0 Å². The molecule has 1 unspecified atom stereocenters. The van der Waals surface area contributed by atoms with E-state index in [0.717, 1.165) is 10.7 Å². The van der Waals surface area contributed by atoms with Crippen molar-refractivity contribution in [1.82, 2.24) is 15.1 Å². The first-order valence-electron chi connectivity index (χ1n) is 9.62. The number of hydrogen-bond acceptors (Lipinski definition) is 4. The Morgan fingerprint density at radius 3 is 2.48 bits per heavy atom. The standard InChI is InChI=1S/C22H19BrF3N3O4/c1-10-8-12(4-6-14(10)22(31)32)11(2)27-20(30)17-18(19(25)26)28-29(3)21(17)33-13-5-7-16(24)15(23)9-13/h4-9,11,19H,1-3H3,(H,27,30)(H,31,32). The summed E-state index contributed by atoms with van der Waals surface area (Å²) in [7, 11) is 1.34. The number of nitrogens with one attached hydrogen (secondary N) is 1. The lowest BCUT2D eigenvalue weighted by Crippen LogP contribution is -2.27. The number of benzene rings is 2. The number of aryl methyl sites for hydroxylation is 2. The largest absolute Gasteiger partial charge is 0.478 e. The average molecular weight is 526 g/mol. The van der Waals surface area contributed by atoms with Crippen molar-refractivity contribution in [3.63, 3.8) is 0 Å². The molecule has 1 heterocycles. The molecule has 11 heteroatoms. The van der Waals surface area contributed by atoms with Gasteiger partial charge in [0.2, 0.25) is 5.88 Å². The van der Waals surface area contributed by atoms with Gasteiger partial charge in [-0.2, -0.15) is 5.10 Å². The van der Waals surface area contributed by atoms with Gasteiger partial charge in [0.25, 0.3) is 12.3 Å². The molecule has 3 aromatic rings. The number of rotatable bonds is 7. The van der Waals surface area contributed by atoms with E-state index in [4.69, 9.17) is 4.74 Å². The molecule has 0 aliphatic carbocycles. The van der Waals surface area contributed by atoms with Crippen molar-refractivity contribution in [2.45, 2.75) is 26.3 Å². The van der Waals surface area contributed by atoms with E-state index in [1.54, 1.807) is 19.9 Å². The van der Waals surface area contributed by atoms with Crippen molar-refractivity contribution in [3.05, 3.63) is 74.6 Å². The lowest BCUT2D eigenvalue weighted by Gasteiger charge is -2.16. The average Bonchev–Trinajstić information content (AvgIpc) is 3.06. The number of amides is 1. The number of aromatic nitrogens is 2. The summed E-state index contributed by atoms with van der Waals surface area (Å²) in [6.45, 7) is 3.24. The first kappa shape index (κ1) is 24.3. The Bertz CT molecular complexity index is 1230. The Hall–Kier alpha value is -3.34. The Kier molecular flexibility index (Phi) is 7.11. The fraction of sp³-hybridized carbons (Fsp3) is 0.227. The first-order chi connectivity index (χ1) is 15.5. The number of aromatic carboxylic acids is 1. The Labute approximate surface area is 195 Å². The van der Waals surface area contributed by atoms with Crippen molar-refractivity contribution < 1.29 is 32.6 Å². The van der Waals surface area contributed by atoms with E-state index in [1.165, 1.54) is 31.3 Å². The fourth-order valence-corrected chi connectivity index (χ4v) is 3.57. The van der Waals surface area contributed by atoms with Gasteiger partial charge in [0.15, 0.2) is 0 Å². The molecular formula is C22H19BrF3N3O4. The van der Waals surface area contributed by atoms with Crippen LogP contribution < -0.4 is 10.1 Å². The highest BCUT2D eigenvalue weighted by atomic mass is 79.9. The molecule has 0 bridgehead atoms. The topological polar surface area (TPSA) is 93.5 Å². The van der Waals surface area contributed by atoms with Crippen LogP contribution in [-0.4, -0.2) is 26.8 Å². The van der Waals surface area contributed by atoms with Crippen molar-refractivity contribution in [3.8, 4) is 11.6 Å². The van der Waals surface area contributed by atoms with E-state index in [9.17, 15) is 27.9 Å². The Morgan fingerprint density at radius 1 is 1.21 bits per heavy atom. The van der Waals surface area contributed by atoms with Gasteiger partial charge < -0.3 is 15.2 Å². The summed E-state index contributed by atoms with van der Waals surface area (Å²) < 4.78 is 47.5. The predicted octanol–water partition coefficient (Wildman–Crippen LogP) is 5.55. The van der Waals surface area contributed by atoms with Crippen LogP contribution in [0.3, 0.4) is 0 Å². The summed E-state index contributed by atoms with van der Waals surface area (Å²) >= 11 is 3.02. The SMILES string of the molecule is Cc1cc(C(C)NC(=O)c2c(C(F)F)nn(C)c2Oc2ccc(F)c(Br)c2)ccc1C(=O)O. The molecule has 174 valence electrons. The van der Waals surface area contributed by atoms with E-state index in [-0.39, 0.29) is 21.7 Å². The quantitative estimate of drug-likeness (QED) is 0.421. The molecule has 0 aliphatic heterocycles. The van der Waals surface area contributed by atoms with Gasteiger partial charge in [-0.25, -0.2) is 22.6 Å². The summed E-state index contributed by atoms with van der Waals surface area (Å²) in [5.74, 6) is -2.62. The highest BCUT2D eigenvalue weighted by molar-refractivity contribution is 9.10. The van der Waals surface area contributed by atoms with Gasteiger partial charge in [0, 0.05) is 7.05 Å². The zero-order chi connectivity index (χ0) is 24.4. The first-order valence-corrected chi connectivity index (χ1v) is 10.4. The highest BCUT2D eigenvalue weighted by Gasteiger charge is 2.30. The second-order valence-corrected chi connectivity index (χ2v) is 8.10. The number of nitrogens with zero attached hydrogens (tertiary/aromatic N) is 2. The molecule has 2 N–H and O–H groups in total. The number of carbonyl (C=O) groups is 2. The third kappa shape index (κ3) is 5.19. The molecular weight excluding hydrogens is 507 g/mol. The van der Waals surface area contributed by atoms with Gasteiger partial charge >= 0.3 is 5.97 Å². The molecule has 1 amide bonds. The fourth-order valence-electron chi connectivity index (χ4n) is 3.21. The normalized spacial score (nSPS) is 12.0. The maximum atomic E-state index is 13.6. The highest BCUT2D eigenvalue weighted by Crippen LogP contribution is 2.34. The number of ether oxygens (including phenoxy) is 1. The lowest BCUT2D eigenvalue weighted by atomic mass is 10.0. The second-order valence-electron chi connectivity index (χ2n) is 7.24. The van der Waals surface area contributed by atoms with Crippen LogP contribution in [0.5, 0.6) is 11.6 Å². The molecule has 0 spiro atoms. The number of alkyl halides is 2. The second kappa shape index (κ2) is 9.65. The minimum atomic E-state index is -3.05. The monoisotopic (exact) mass is 525 g/mol. The summed E-state index contributed by atoms with van der Waals surface area (Å²) in [6, 6.07) is 7.59. The van der Waals surface area contributed by atoms with Crippen LogP contribution in [0, 0.1) is 12.7 Å². The van der Waals surface area contributed by atoms with Crippen LogP contribution in [0.25, 0.3) is 0 Å². The molecule has 2 aromatic carbocycles. The predicted molar refractivity (Wildman–Crippen MR) is 116 cm³/mol. The number of carboxylic acid groups (broad SMARTS) is 1. The smallest absolute Gasteiger partial charge is 0.335 e. The number of halogens is 4. The summed E-state index contributed by atoms with van der Waals surface area (Å²) in [5, 5.41) is 15.5. The molecule has 1 aromatic heterocycles. The zero-order valence-electron chi connectivity index (χ0n) is 17.7. The van der Waals surface area contributed by atoms with E-state index >= 15 is 0 Å². The van der Waals surface area contributed by atoms with E-state index in [1.807, 2.05) is 0 Å². The summed E-state index contributed by atoms with van der Waals surface area (Å²) in [4.78, 5) is 24.2. The molecule has 0 aliphatic rings. The van der Waals surface area contributed by atoms with Crippen molar-refractivity contribution in [2.24, 2.45) is 7.05 Å². The molecule has 33 heavy (non-hydrogen) atoms. The molecule has 1 atom stereocenters. The van der Waals surface area contributed by atoms with Gasteiger partial charge in [-0.15, -0.1) is 0 Å². The van der Waals surface area contributed by atoms with Gasteiger partial charge in [-0.1, -0.05) is 12.1 Å². The molecule has 7 nitrogen and oxygen atoms in total. The molecule has 0 saturated heterocycles. The van der Waals surface area contributed by atoms with Gasteiger partial charge in [0.05, 0.1) is 16.1 Å². The minimum absolute atomic E-state index is 0.0936. The Balaban J connectivity index is 1.93. The third-order valence-corrected chi connectivity index (χ3v) is 5.50. The van der Waals surface area contributed by atoms with Gasteiger partial charge in [-0.3, -0.25) is 4.79 Å². The maximum Gasteiger partial charge on any atom is 0.335 e. The zero-order valence-corrected chi connectivity index (χ0v) is 19.3. The molecule has 0 radical (unpaired) electrons. The maximum absolute atomic E-state index is 13.6. The summed E-state index contributed by atoms with van der Waals surface area (Å²) in [5.41, 5.74) is -0.0416. The van der Waals surface area contributed by atoms with Crippen molar-refractivity contribution in [1.29, 1.82) is 0 Å². The molecule has 3 rings (SSSR count). The number of hydrogen-bond donors (Lipinski definition) is 2. The summed E-state index contributed by atoms with van der Waals surface area (Å²) in [6.07, 6.45) is -3.05. The molecule has 0 fully saturated rings. The van der Waals surface area contributed by atoms with Crippen LogP contribution in [0.2, 0.25) is 0 Å². The number of carboxylic acids is 1. The minimum Gasteiger partial charge on any atom is -0.478 e. The van der Waals surface area contributed by atoms with Gasteiger partial charge in [0.1, 0.15) is 22.8 Å². The third-order valence-electron chi connectivity index (χ3n) is 4.89. The van der Waals surface area contributed by atoms with Crippen molar-refractivity contribution >= 4 is 27.8 Å². The lowest BCUT2D eigenvalue weighted by molar-refractivity contribution is 0.0695. The number of carbonyl (C=O) groups excluding carboxylic acids is 1. The Morgan fingerprint density at radius 2 is 1.91 bits per heavy atom. The molecule has 0 saturated carbocycles. The van der Waals surface area contributed by atoms with Crippen LogP contribution in [0.15, 0.2) is 40.9 Å². The van der Waals surface area contributed by atoms with Gasteiger partial charge in [-0.05, 0) is 65.2 Å².